The van der Waals surface area contributed by atoms with Crippen LogP contribution in [0.5, 0.6) is 0 Å². The molecule has 0 heterocycles. The van der Waals surface area contributed by atoms with E-state index in [0.29, 0.717) is 6.61 Å². The summed E-state index contributed by atoms with van der Waals surface area (Å²) in [6, 6.07) is 0. The van der Waals surface area contributed by atoms with Gasteiger partial charge in [0.05, 0.1) is 6.61 Å². The van der Waals surface area contributed by atoms with Gasteiger partial charge < -0.3 is 4.74 Å². The Balaban J connectivity index is 2.35. The van der Waals surface area contributed by atoms with Crippen molar-refractivity contribution in [3.63, 3.8) is 0 Å². The van der Waals surface area contributed by atoms with Gasteiger partial charge in [-0.25, -0.2) is 4.79 Å². The minimum absolute atomic E-state index is 0.0897. The summed E-state index contributed by atoms with van der Waals surface area (Å²) in [5.41, 5.74) is 0. The maximum Gasteiger partial charge on any atom is 0.384 e. The van der Waals surface area contributed by atoms with Crippen LogP contribution in [0.1, 0.15) is 19.8 Å². The van der Waals surface area contributed by atoms with E-state index < -0.39 is 5.97 Å². The first-order valence-corrected chi connectivity index (χ1v) is 3.96. The average molecular weight is 166 g/mol. The lowest BCUT2D eigenvalue weighted by molar-refractivity contribution is -0.136. The van der Waals surface area contributed by atoms with Crippen LogP contribution >= 0.6 is 0 Å². The van der Waals surface area contributed by atoms with Crippen molar-refractivity contribution < 1.29 is 14.3 Å². The molecule has 64 valence electrons. The third-order valence-electron chi connectivity index (χ3n) is 1.51. The molecule has 1 saturated carbocycles. The zero-order valence-electron chi connectivity index (χ0n) is 6.92. The van der Waals surface area contributed by atoms with E-state index in [2.05, 4.69) is 16.6 Å². The minimum atomic E-state index is -0.619. The van der Waals surface area contributed by atoms with Gasteiger partial charge in [-0.2, -0.15) is 0 Å². The summed E-state index contributed by atoms with van der Waals surface area (Å²) >= 11 is 0. The Labute approximate surface area is 71.1 Å². The normalized spacial score (nSPS) is 14.4. The van der Waals surface area contributed by atoms with Crippen LogP contribution in [0.2, 0.25) is 0 Å². The summed E-state index contributed by atoms with van der Waals surface area (Å²) in [5, 5.41) is 0. The molecule has 3 heteroatoms. The van der Waals surface area contributed by atoms with Crippen LogP contribution in [0.4, 0.5) is 0 Å². The molecule has 0 amide bonds. The van der Waals surface area contributed by atoms with Gasteiger partial charge in [-0.05, 0) is 25.7 Å². The molecule has 0 bridgehead atoms. The maximum absolute atomic E-state index is 10.9. The van der Waals surface area contributed by atoms with Crippen LogP contribution in [0.3, 0.4) is 0 Å². The minimum Gasteiger partial charge on any atom is -0.456 e. The van der Waals surface area contributed by atoms with Crippen molar-refractivity contribution in [1.29, 1.82) is 0 Å². The fourth-order valence-electron chi connectivity index (χ4n) is 0.727. The quantitative estimate of drug-likeness (QED) is 0.260. The molecule has 3 nitrogen and oxygen atoms in total. The molecule has 0 unspecified atom stereocenters. The van der Waals surface area contributed by atoms with Crippen molar-refractivity contribution >= 4 is 11.8 Å². The second-order valence-electron chi connectivity index (χ2n) is 2.61. The Kier molecular flexibility index (Phi) is 2.87. The van der Waals surface area contributed by atoms with Gasteiger partial charge in [0.2, 0.25) is 5.78 Å². The number of rotatable bonds is 2. The van der Waals surface area contributed by atoms with E-state index >= 15 is 0 Å². The van der Waals surface area contributed by atoms with Gasteiger partial charge >= 0.3 is 5.97 Å². The Morgan fingerprint density at radius 3 is 2.58 bits per heavy atom. The SMILES string of the molecule is CCOC(=O)C#CC(=O)C1CC1. The van der Waals surface area contributed by atoms with Gasteiger partial charge in [-0.1, -0.05) is 0 Å². The fourth-order valence-corrected chi connectivity index (χ4v) is 0.727. The van der Waals surface area contributed by atoms with Gasteiger partial charge in [-0.15, -0.1) is 0 Å². The molecule has 1 aliphatic rings. The molecular weight excluding hydrogens is 156 g/mol. The van der Waals surface area contributed by atoms with Gasteiger partial charge in [0, 0.05) is 11.8 Å². The van der Waals surface area contributed by atoms with Crippen LogP contribution in [-0.2, 0) is 14.3 Å². The molecule has 0 aliphatic heterocycles. The number of ketones is 1. The van der Waals surface area contributed by atoms with Gasteiger partial charge in [-0.3, -0.25) is 4.79 Å². The van der Waals surface area contributed by atoms with Crippen LogP contribution in [0.15, 0.2) is 0 Å². The van der Waals surface area contributed by atoms with Crippen LogP contribution in [0.25, 0.3) is 0 Å². The molecule has 0 spiro atoms. The van der Waals surface area contributed by atoms with Crippen molar-refractivity contribution in [3.05, 3.63) is 0 Å². The highest BCUT2D eigenvalue weighted by Gasteiger charge is 2.28. The molecule has 1 rings (SSSR count). The molecule has 0 aromatic rings. The molecule has 1 fully saturated rings. The number of carbonyl (C=O) groups excluding carboxylic acids is 2. The number of carbonyl (C=O) groups is 2. The Morgan fingerprint density at radius 1 is 1.42 bits per heavy atom. The average Bonchev–Trinajstić information content (AvgIpc) is 2.83. The summed E-state index contributed by atoms with van der Waals surface area (Å²) < 4.78 is 4.53. The standard InChI is InChI=1S/C9H10O3/c1-2-12-9(11)6-5-8(10)7-3-4-7/h7H,2-4H2,1H3. The molecular formula is C9H10O3. The molecule has 0 saturated heterocycles. The lowest BCUT2D eigenvalue weighted by Gasteiger charge is -1.90. The first-order chi connectivity index (χ1) is 5.74. The van der Waals surface area contributed by atoms with Crippen LogP contribution in [-0.4, -0.2) is 18.4 Å². The highest BCUT2D eigenvalue weighted by molar-refractivity contribution is 6.04. The van der Waals surface area contributed by atoms with Crippen LogP contribution < -0.4 is 0 Å². The number of esters is 1. The van der Waals surface area contributed by atoms with E-state index in [1.165, 1.54) is 0 Å². The molecule has 0 aromatic heterocycles. The lowest BCUT2D eigenvalue weighted by Crippen LogP contribution is -2.02. The smallest absolute Gasteiger partial charge is 0.384 e. The first-order valence-electron chi connectivity index (χ1n) is 3.96. The van der Waals surface area contributed by atoms with E-state index in [1.54, 1.807) is 6.92 Å². The molecule has 12 heavy (non-hydrogen) atoms. The van der Waals surface area contributed by atoms with E-state index in [0.717, 1.165) is 12.8 Å². The lowest BCUT2D eigenvalue weighted by atomic mass is 10.3. The zero-order valence-corrected chi connectivity index (χ0v) is 6.92. The molecule has 0 aromatic carbocycles. The summed E-state index contributed by atoms with van der Waals surface area (Å²) in [4.78, 5) is 21.6. The topological polar surface area (TPSA) is 43.4 Å². The van der Waals surface area contributed by atoms with Crippen molar-refractivity contribution in [1.82, 2.24) is 0 Å². The second-order valence-corrected chi connectivity index (χ2v) is 2.61. The second kappa shape index (κ2) is 3.91. The molecule has 1 aliphatic carbocycles. The zero-order chi connectivity index (χ0) is 8.97. The number of hydrogen-bond acceptors (Lipinski definition) is 3. The fraction of sp³-hybridized carbons (Fsp3) is 0.556. The molecule has 0 radical (unpaired) electrons. The predicted octanol–water partition coefficient (Wildman–Crippen LogP) is 0.532. The van der Waals surface area contributed by atoms with Crippen molar-refractivity contribution in [2.24, 2.45) is 5.92 Å². The highest BCUT2D eigenvalue weighted by Crippen LogP contribution is 2.29. The monoisotopic (exact) mass is 166 g/mol. The molecule has 0 N–H and O–H groups in total. The predicted molar refractivity (Wildman–Crippen MR) is 42.1 cm³/mol. The van der Waals surface area contributed by atoms with E-state index in [9.17, 15) is 9.59 Å². The number of Topliss-reactive ketones (excluding diaryl/α,β-unsaturated/α-hetero) is 1. The maximum atomic E-state index is 10.9. The van der Waals surface area contributed by atoms with Crippen molar-refractivity contribution in [2.75, 3.05) is 6.61 Å². The highest BCUT2D eigenvalue weighted by atomic mass is 16.5. The van der Waals surface area contributed by atoms with Gasteiger partial charge in [0.25, 0.3) is 0 Å². The van der Waals surface area contributed by atoms with E-state index in [4.69, 9.17) is 0 Å². The summed E-state index contributed by atoms with van der Waals surface area (Å²) in [6.45, 7) is 1.99. The Hall–Kier alpha value is -1.30. The third kappa shape index (κ3) is 2.75. The first kappa shape index (κ1) is 8.79. The largest absolute Gasteiger partial charge is 0.456 e. The summed E-state index contributed by atoms with van der Waals surface area (Å²) in [7, 11) is 0. The van der Waals surface area contributed by atoms with Crippen molar-refractivity contribution in [2.45, 2.75) is 19.8 Å². The van der Waals surface area contributed by atoms with Crippen LogP contribution in [0, 0.1) is 17.8 Å². The summed E-state index contributed by atoms with van der Waals surface area (Å²) in [5.74, 6) is 3.74. The van der Waals surface area contributed by atoms with Gasteiger partial charge in [0.1, 0.15) is 0 Å². The van der Waals surface area contributed by atoms with E-state index in [1.807, 2.05) is 0 Å². The third-order valence-corrected chi connectivity index (χ3v) is 1.51. The van der Waals surface area contributed by atoms with E-state index in [-0.39, 0.29) is 11.7 Å². The Morgan fingerprint density at radius 2 is 2.08 bits per heavy atom. The summed E-state index contributed by atoms with van der Waals surface area (Å²) in [6.07, 6.45) is 1.83. The number of ether oxygens (including phenoxy) is 1. The van der Waals surface area contributed by atoms with Crippen molar-refractivity contribution in [3.8, 4) is 11.8 Å². The number of hydrogen-bond donors (Lipinski definition) is 0. The Bertz CT molecular complexity index is 253. The molecule has 0 atom stereocenters. The van der Waals surface area contributed by atoms with Gasteiger partial charge in [0.15, 0.2) is 0 Å².